The van der Waals surface area contributed by atoms with Crippen molar-refractivity contribution in [3.05, 3.63) is 21.8 Å². The first-order valence-electron chi connectivity index (χ1n) is 5.85. The molecule has 3 nitrogen and oxygen atoms in total. The van der Waals surface area contributed by atoms with E-state index in [1.54, 1.807) is 0 Å². The first-order chi connectivity index (χ1) is 8.25. The van der Waals surface area contributed by atoms with Crippen LogP contribution in [0.2, 0.25) is 0 Å². The van der Waals surface area contributed by atoms with Crippen LogP contribution in [0, 0.1) is 0 Å². The Morgan fingerprint density at radius 1 is 0.765 bits per heavy atom. The van der Waals surface area contributed by atoms with Crippen molar-refractivity contribution in [2.75, 3.05) is 0 Å². The summed E-state index contributed by atoms with van der Waals surface area (Å²) < 4.78 is 5.69. The van der Waals surface area contributed by atoms with Crippen LogP contribution in [0.25, 0.3) is 11.1 Å². The van der Waals surface area contributed by atoms with Crippen molar-refractivity contribution < 1.29 is 4.42 Å². The Morgan fingerprint density at radius 2 is 1.24 bits per heavy atom. The molecule has 0 spiro atoms. The van der Waals surface area contributed by atoms with Crippen LogP contribution < -0.4 is 0 Å². The number of hydrogen-bond acceptors (Lipinski definition) is 3. The predicted molar refractivity (Wildman–Crippen MR) is 67.5 cm³/mol. The Labute approximate surface area is 109 Å². The van der Waals surface area contributed by atoms with Crippen molar-refractivity contribution in [1.82, 2.24) is 10.2 Å². The summed E-state index contributed by atoms with van der Waals surface area (Å²) in [6.07, 6.45) is 5.81. The van der Waals surface area contributed by atoms with Gasteiger partial charge in [0.1, 0.15) is 0 Å². The fraction of sp³-hybridized carbons (Fsp3) is 0.500. The number of allylic oxidation sites excluding steroid dienone is 4. The van der Waals surface area contributed by atoms with Crippen LogP contribution in [0.1, 0.15) is 50.3 Å². The Hall–Kier alpha value is -0.800. The van der Waals surface area contributed by atoms with Gasteiger partial charge in [0.15, 0.2) is 0 Å². The van der Waals surface area contributed by atoms with Gasteiger partial charge in [0.25, 0.3) is 0 Å². The normalized spacial score (nSPS) is 20.8. The molecular weight excluding hydrogens is 259 g/mol. The second-order valence-electron chi connectivity index (χ2n) is 4.39. The van der Waals surface area contributed by atoms with Crippen LogP contribution >= 0.6 is 23.2 Å². The average molecular weight is 271 g/mol. The molecule has 1 heterocycles. The van der Waals surface area contributed by atoms with E-state index in [4.69, 9.17) is 27.6 Å². The highest BCUT2D eigenvalue weighted by molar-refractivity contribution is 6.33. The second kappa shape index (κ2) is 4.46. The van der Waals surface area contributed by atoms with Crippen LogP contribution in [0.15, 0.2) is 14.5 Å². The van der Waals surface area contributed by atoms with E-state index in [1.807, 2.05) is 0 Å². The van der Waals surface area contributed by atoms with E-state index < -0.39 is 0 Å². The highest BCUT2D eigenvalue weighted by Gasteiger charge is 2.23. The maximum Gasteiger partial charge on any atom is 0.245 e. The lowest BCUT2D eigenvalue weighted by Gasteiger charge is -1.96. The van der Waals surface area contributed by atoms with Gasteiger partial charge in [-0.15, -0.1) is 10.2 Å². The summed E-state index contributed by atoms with van der Waals surface area (Å²) in [5, 5.41) is 9.86. The van der Waals surface area contributed by atoms with Gasteiger partial charge in [-0.2, -0.15) is 0 Å². The predicted octanol–water partition coefficient (Wildman–Crippen LogP) is 4.34. The molecule has 0 bridgehead atoms. The van der Waals surface area contributed by atoms with E-state index in [-0.39, 0.29) is 0 Å². The molecular formula is C12H12Cl2N2O. The molecule has 1 aromatic heterocycles. The molecule has 0 saturated heterocycles. The van der Waals surface area contributed by atoms with Crippen molar-refractivity contribution in [3.8, 4) is 0 Å². The van der Waals surface area contributed by atoms with Crippen molar-refractivity contribution in [2.24, 2.45) is 0 Å². The van der Waals surface area contributed by atoms with Crippen molar-refractivity contribution in [3.63, 3.8) is 0 Å². The van der Waals surface area contributed by atoms with E-state index in [9.17, 15) is 0 Å². The molecule has 3 rings (SSSR count). The summed E-state index contributed by atoms with van der Waals surface area (Å²) in [6.45, 7) is 0. The molecule has 2 aliphatic carbocycles. The highest BCUT2D eigenvalue weighted by Crippen LogP contribution is 2.38. The molecule has 17 heavy (non-hydrogen) atoms. The SMILES string of the molecule is ClC1=C(c2nnc(C3=C(Cl)CCC3)o2)CCC1. The van der Waals surface area contributed by atoms with Gasteiger partial charge in [0.05, 0.1) is 0 Å². The fourth-order valence-corrected chi connectivity index (χ4v) is 2.94. The van der Waals surface area contributed by atoms with Crippen molar-refractivity contribution in [1.29, 1.82) is 0 Å². The minimum absolute atomic E-state index is 0.561. The van der Waals surface area contributed by atoms with Crippen LogP contribution in [0.5, 0.6) is 0 Å². The summed E-state index contributed by atoms with van der Waals surface area (Å²) in [6, 6.07) is 0. The molecule has 0 aliphatic heterocycles. The zero-order chi connectivity index (χ0) is 11.8. The summed E-state index contributed by atoms with van der Waals surface area (Å²) in [5.74, 6) is 1.12. The van der Waals surface area contributed by atoms with Gasteiger partial charge >= 0.3 is 0 Å². The number of rotatable bonds is 2. The monoisotopic (exact) mass is 270 g/mol. The van der Waals surface area contributed by atoms with E-state index in [2.05, 4.69) is 10.2 Å². The fourth-order valence-electron chi connectivity index (χ4n) is 2.33. The number of halogens is 2. The van der Waals surface area contributed by atoms with Crippen LogP contribution in [-0.4, -0.2) is 10.2 Å². The van der Waals surface area contributed by atoms with E-state index in [0.29, 0.717) is 11.8 Å². The molecule has 1 aromatic rings. The third-order valence-electron chi connectivity index (χ3n) is 3.24. The number of hydrogen-bond donors (Lipinski definition) is 0. The molecule has 0 N–H and O–H groups in total. The molecule has 0 fully saturated rings. The second-order valence-corrected chi connectivity index (χ2v) is 5.30. The molecule has 90 valence electrons. The van der Waals surface area contributed by atoms with Gasteiger partial charge in [0, 0.05) is 21.2 Å². The lowest BCUT2D eigenvalue weighted by molar-refractivity contribution is 0.520. The van der Waals surface area contributed by atoms with Gasteiger partial charge in [-0.05, 0) is 38.5 Å². The Kier molecular flexibility index (Phi) is 2.97. The summed E-state index contributed by atoms with van der Waals surface area (Å²) in [5.41, 5.74) is 2.00. The molecule has 0 aromatic carbocycles. The van der Waals surface area contributed by atoms with E-state index in [0.717, 1.165) is 59.7 Å². The average Bonchev–Trinajstić information content (AvgIpc) is 2.97. The zero-order valence-electron chi connectivity index (χ0n) is 9.30. The Morgan fingerprint density at radius 3 is 1.59 bits per heavy atom. The standard InChI is InChI=1S/C12H12Cl2N2O/c13-9-5-1-3-7(9)11-15-16-12(17-11)8-4-2-6-10(8)14/h1-6H2. The smallest absolute Gasteiger partial charge is 0.245 e. The van der Waals surface area contributed by atoms with Crippen molar-refractivity contribution >= 4 is 34.3 Å². The van der Waals surface area contributed by atoms with Gasteiger partial charge in [0.2, 0.25) is 11.8 Å². The molecule has 0 unspecified atom stereocenters. The molecule has 0 atom stereocenters. The summed E-state index contributed by atoms with van der Waals surface area (Å²) in [4.78, 5) is 0. The number of aromatic nitrogens is 2. The third kappa shape index (κ3) is 2.02. The summed E-state index contributed by atoms with van der Waals surface area (Å²) in [7, 11) is 0. The minimum atomic E-state index is 0.561. The topological polar surface area (TPSA) is 38.9 Å². The first-order valence-corrected chi connectivity index (χ1v) is 6.60. The maximum absolute atomic E-state index is 6.12. The van der Waals surface area contributed by atoms with Crippen LogP contribution in [-0.2, 0) is 0 Å². The highest BCUT2D eigenvalue weighted by atomic mass is 35.5. The third-order valence-corrected chi connectivity index (χ3v) is 4.08. The molecule has 2 aliphatic rings. The Bertz CT molecular complexity index is 472. The number of nitrogens with zero attached hydrogens (tertiary/aromatic N) is 2. The van der Waals surface area contributed by atoms with Gasteiger partial charge in [-0.25, -0.2) is 0 Å². The van der Waals surface area contributed by atoms with Gasteiger partial charge < -0.3 is 4.42 Å². The van der Waals surface area contributed by atoms with Crippen LogP contribution in [0.3, 0.4) is 0 Å². The first kappa shape index (κ1) is 11.3. The molecule has 0 radical (unpaired) electrons. The lowest BCUT2D eigenvalue weighted by atomic mass is 10.2. The summed E-state index contributed by atoms with van der Waals surface area (Å²) >= 11 is 12.2. The molecule has 5 heteroatoms. The quantitative estimate of drug-likeness (QED) is 0.803. The Balaban J connectivity index is 1.93. The molecule has 0 saturated carbocycles. The van der Waals surface area contributed by atoms with Crippen LogP contribution in [0.4, 0.5) is 0 Å². The lowest BCUT2D eigenvalue weighted by Crippen LogP contribution is -1.81. The van der Waals surface area contributed by atoms with Gasteiger partial charge in [-0.1, -0.05) is 23.2 Å². The minimum Gasteiger partial charge on any atom is -0.417 e. The van der Waals surface area contributed by atoms with Crippen molar-refractivity contribution in [2.45, 2.75) is 38.5 Å². The van der Waals surface area contributed by atoms with E-state index in [1.165, 1.54) is 0 Å². The largest absolute Gasteiger partial charge is 0.417 e. The van der Waals surface area contributed by atoms with E-state index >= 15 is 0 Å². The van der Waals surface area contributed by atoms with Gasteiger partial charge in [-0.3, -0.25) is 0 Å². The maximum atomic E-state index is 6.12. The zero-order valence-corrected chi connectivity index (χ0v) is 10.8. The molecule has 0 amide bonds.